The van der Waals surface area contributed by atoms with Crippen LogP contribution in [0, 0.1) is 0 Å². The highest BCUT2D eigenvalue weighted by Gasteiger charge is 2.31. The number of nitrogens with one attached hydrogen (secondary N) is 1. The number of carboxylic acids is 1. The van der Waals surface area contributed by atoms with Crippen molar-refractivity contribution in [1.29, 1.82) is 0 Å². The lowest BCUT2D eigenvalue weighted by Crippen LogP contribution is -2.49. The van der Waals surface area contributed by atoms with Gasteiger partial charge in [-0.15, -0.1) is 0 Å². The molecule has 0 saturated heterocycles. The molecular formula is C11H18BrN3O2. The van der Waals surface area contributed by atoms with Crippen molar-refractivity contribution in [1.82, 2.24) is 15.1 Å². The number of hydrogen-bond donors (Lipinski definition) is 2. The van der Waals surface area contributed by atoms with Crippen molar-refractivity contribution in [3.05, 3.63) is 16.9 Å². The lowest BCUT2D eigenvalue weighted by molar-refractivity contribution is -0.144. The Kier molecular flexibility index (Phi) is 5.14. The van der Waals surface area contributed by atoms with E-state index in [1.165, 1.54) is 0 Å². The molecule has 0 saturated carbocycles. The molecule has 0 aliphatic carbocycles. The highest BCUT2D eigenvalue weighted by molar-refractivity contribution is 9.10. The molecule has 0 fully saturated rings. The summed E-state index contributed by atoms with van der Waals surface area (Å²) in [4.78, 5) is 11.2. The van der Waals surface area contributed by atoms with E-state index in [0.29, 0.717) is 13.0 Å². The number of likely N-dealkylation sites (N-methyl/N-ethyl adjacent to an activating group) is 1. The molecule has 5 nitrogen and oxygen atoms in total. The van der Waals surface area contributed by atoms with Crippen LogP contribution in [0.1, 0.15) is 26.7 Å². The SMILES string of the molecule is CCNC(C)(CCCn1cc(Br)cn1)C(=O)O. The largest absolute Gasteiger partial charge is 0.480 e. The van der Waals surface area contributed by atoms with Crippen molar-refractivity contribution in [2.45, 2.75) is 38.8 Å². The summed E-state index contributed by atoms with van der Waals surface area (Å²) in [7, 11) is 0. The normalized spacial score (nSPS) is 14.5. The Labute approximate surface area is 109 Å². The average Bonchev–Trinajstić information content (AvgIpc) is 2.64. The molecule has 0 spiro atoms. The molecule has 0 aromatic carbocycles. The van der Waals surface area contributed by atoms with Gasteiger partial charge in [0.15, 0.2) is 0 Å². The summed E-state index contributed by atoms with van der Waals surface area (Å²) < 4.78 is 2.74. The van der Waals surface area contributed by atoms with Crippen molar-refractivity contribution in [3.8, 4) is 0 Å². The molecule has 1 heterocycles. The van der Waals surface area contributed by atoms with Gasteiger partial charge in [-0.2, -0.15) is 5.10 Å². The summed E-state index contributed by atoms with van der Waals surface area (Å²) in [5, 5.41) is 16.3. The smallest absolute Gasteiger partial charge is 0.323 e. The van der Waals surface area contributed by atoms with Crippen LogP contribution in [0.25, 0.3) is 0 Å². The molecule has 1 aromatic heterocycles. The van der Waals surface area contributed by atoms with Gasteiger partial charge in [-0.25, -0.2) is 0 Å². The van der Waals surface area contributed by atoms with E-state index >= 15 is 0 Å². The van der Waals surface area contributed by atoms with Crippen LogP contribution in [-0.4, -0.2) is 32.9 Å². The number of nitrogens with zero attached hydrogens (tertiary/aromatic N) is 2. The van der Waals surface area contributed by atoms with Crippen molar-refractivity contribution in [2.24, 2.45) is 0 Å². The number of halogens is 1. The monoisotopic (exact) mass is 303 g/mol. The molecule has 0 aliphatic rings. The van der Waals surface area contributed by atoms with Gasteiger partial charge < -0.3 is 10.4 Å². The van der Waals surface area contributed by atoms with Gasteiger partial charge in [-0.1, -0.05) is 6.92 Å². The molecule has 6 heteroatoms. The number of aromatic nitrogens is 2. The minimum Gasteiger partial charge on any atom is -0.480 e. The van der Waals surface area contributed by atoms with Gasteiger partial charge in [0.1, 0.15) is 5.54 Å². The average molecular weight is 304 g/mol. The number of aryl methyl sites for hydroxylation is 1. The summed E-state index contributed by atoms with van der Waals surface area (Å²) >= 11 is 3.32. The molecule has 1 unspecified atom stereocenters. The highest BCUT2D eigenvalue weighted by Crippen LogP contribution is 2.14. The lowest BCUT2D eigenvalue weighted by Gasteiger charge is -2.25. The minimum absolute atomic E-state index is 0.577. The lowest BCUT2D eigenvalue weighted by atomic mass is 9.96. The Hall–Kier alpha value is -0.880. The maximum Gasteiger partial charge on any atom is 0.323 e. The van der Waals surface area contributed by atoms with Crippen LogP contribution in [0.15, 0.2) is 16.9 Å². The van der Waals surface area contributed by atoms with E-state index in [9.17, 15) is 9.90 Å². The van der Waals surface area contributed by atoms with Crippen LogP contribution in [0.4, 0.5) is 0 Å². The molecule has 0 bridgehead atoms. The Morgan fingerprint density at radius 1 is 1.71 bits per heavy atom. The molecular weight excluding hydrogens is 286 g/mol. The fourth-order valence-electron chi connectivity index (χ4n) is 1.72. The summed E-state index contributed by atoms with van der Waals surface area (Å²) in [6.45, 7) is 5.00. The van der Waals surface area contributed by atoms with Crippen LogP contribution in [0.5, 0.6) is 0 Å². The zero-order chi connectivity index (χ0) is 12.9. The van der Waals surface area contributed by atoms with E-state index in [-0.39, 0.29) is 0 Å². The molecule has 1 atom stereocenters. The number of carbonyl (C=O) groups is 1. The zero-order valence-electron chi connectivity index (χ0n) is 10.1. The van der Waals surface area contributed by atoms with Crippen molar-refractivity contribution in [2.75, 3.05) is 6.54 Å². The molecule has 0 amide bonds. The number of carboxylic acid groups (broad SMARTS) is 1. The first-order chi connectivity index (χ1) is 7.98. The number of aliphatic carboxylic acids is 1. The predicted octanol–water partition coefficient (Wildman–Crippen LogP) is 1.88. The summed E-state index contributed by atoms with van der Waals surface area (Å²) in [6.07, 6.45) is 4.95. The Morgan fingerprint density at radius 3 is 2.88 bits per heavy atom. The maximum absolute atomic E-state index is 11.2. The summed E-state index contributed by atoms with van der Waals surface area (Å²) in [5.41, 5.74) is -0.848. The molecule has 0 radical (unpaired) electrons. The second-order valence-corrected chi connectivity index (χ2v) is 5.11. The summed E-state index contributed by atoms with van der Waals surface area (Å²) in [6, 6.07) is 0. The second-order valence-electron chi connectivity index (χ2n) is 4.19. The number of hydrogen-bond acceptors (Lipinski definition) is 3. The van der Waals surface area contributed by atoms with Crippen molar-refractivity contribution >= 4 is 21.9 Å². The van der Waals surface area contributed by atoms with E-state index in [1.807, 2.05) is 13.1 Å². The molecule has 17 heavy (non-hydrogen) atoms. The van der Waals surface area contributed by atoms with E-state index < -0.39 is 11.5 Å². The minimum atomic E-state index is -0.848. The molecule has 1 aromatic rings. The van der Waals surface area contributed by atoms with Gasteiger partial charge in [0, 0.05) is 12.7 Å². The van der Waals surface area contributed by atoms with Gasteiger partial charge in [0.25, 0.3) is 0 Å². The first kappa shape index (κ1) is 14.2. The fourth-order valence-corrected chi connectivity index (χ4v) is 2.04. The Bertz CT molecular complexity index is 381. The third-order valence-corrected chi connectivity index (χ3v) is 3.11. The van der Waals surface area contributed by atoms with E-state index in [2.05, 4.69) is 26.3 Å². The third kappa shape index (κ3) is 4.12. The van der Waals surface area contributed by atoms with Crippen LogP contribution in [0.3, 0.4) is 0 Å². The second kappa shape index (κ2) is 6.16. The standard InChI is InChI=1S/C11H18BrN3O2/c1-3-13-11(2,10(16)17)5-4-6-15-8-9(12)7-14-15/h7-8,13H,3-6H2,1-2H3,(H,16,17). The van der Waals surface area contributed by atoms with Crippen LogP contribution in [0.2, 0.25) is 0 Å². The number of rotatable bonds is 7. The fraction of sp³-hybridized carbons (Fsp3) is 0.636. The molecule has 2 N–H and O–H groups in total. The Morgan fingerprint density at radius 2 is 2.41 bits per heavy atom. The highest BCUT2D eigenvalue weighted by atomic mass is 79.9. The van der Waals surface area contributed by atoms with Gasteiger partial charge in [0.2, 0.25) is 0 Å². The first-order valence-electron chi connectivity index (χ1n) is 5.64. The van der Waals surface area contributed by atoms with E-state index in [1.54, 1.807) is 17.8 Å². The predicted molar refractivity (Wildman–Crippen MR) is 68.9 cm³/mol. The van der Waals surface area contributed by atoms with Crippen LogP contribution < -0.4 is 5.32 Å². The Balaban J connectivity index is 2.45. The zero-order valence-corrected chi connectivity index (χ0v) is 11.7. The van der Waals surface area contributed by atoms with Gasteiger partial charge in [-0.3, -0.25) is 9.48 Å². The van der Waals surface area contributed by atoms with Crippen LogP contribution >= 0.6 is 15.9 Å². The van der Waals surface area contributed by atoms with E-state index in [4.69, 9.17) is 0 Å². The van der Waals surface area contributed by atoms with E-state index in [0.717, 1.165) is 17.4 Å². The maximum atomic E-state index is 11.2. The van der Waals surface area contributed by atoms with Gasteiger partial charge >= 0.3 is 5.97 Å². The molecule has 1 rings (SSSR count). The van der Waals surface area contributed by atoms with Gasteiger partial charge in [0.05, 0.1) is 10.7 Å². The molecule has 0 aliphatic heterocycles. The van der Waals surface area contributed by atoms with Crippen molar-refractivity contribution in [3.63, 3.8) is 0 Å². The van der Waals surface area contributed by atoms with Crippen LogP contribution in [-0.2, 0) is 11.3 Å². The quantitative estimate of drug-likeness (QED) is 0.807. The van der Waals surface area contributed by atoms with Gasteiger partial charge in [-0.05, 0) is 42.2 Å². The third-order valence-electron chi connectivity index (χ3n) is 2.70. The topological polar surface area (TPSA) is 67.2 Å². The van der Waals surface area contributed by atoms with Crippen molar-refractivity contribution < 1.29 is 9.90 Å². The first-order valence-corrected chi connectivity index (χ1v) is 6.43. The molecule has 96 valence electrons. The summed E-state index contributed by atoms with van der Waals surface area (Å²) in [5.74, 6) is -0.805.